The van der Waals surface area contributed by atoms with E-state index in [9.17, 15) is 15.0 Å². The lowest BCUT2D eigenvalue weighted by molar-refractivity contribution is 0.0732. The Morgan fingerprint density at radius 3 is 2.53 bits per heavy atom. The van der Waals surface area contributed by atoms with Crippen LogP contribution in [0, 0.1) is 0 Å². The molecule has 32 heavy (non-hydrogen) atoms. The van der Waals surface area contributed by atoms with Gasteiger partial charge in [-0.1, -0.05) is 35.9 Å². The van der Waals surface area contributed by atoms with E-state index >= 15 is 0 Å². The van der Waals surface area contributed by atoms with Crippen molar-refractivity contribution >= 4 is 17.5 Å². The summed E-state index contributed by atoms with van der Waals surface area (Å²) in [5.74, 6) is -0.761. The molecule has 7 heteroatoms. The molecule has 4 rings (SSSR count). The van der Waals surface area contributed by atoms with Gasteiger partial charge in [-0.15, -0.1) is 0 Å². The van der Waals surface area contributed by atoms with Crippen molar-refractivity contribution in [2.45, 2.75) is 44.7 Å². The smallest absolute Gasteiger partial charge is 0.258 e. The number of amides is 1. The standard InChI is InChI=1S/C25H32ClN3O3/c26-21-15-20(23(30)16-24(21)31)25(32)29-14-3-5-22(29)19-8-6-18(7-9-19)17-27-10-4-13-28-11-1-2-12-28/h6-9,15-16,22,27,30-31H,1-5,10-14,17H2. The van der Waals surface area contributed by atoms with Gasteiger partial charge in [-0.2, -0.15) is 0 Å². The molecule has 2 aliphatic rings. The van der Waals surface area contributed by atoms with Gasteiger partial charge in [0.15, 0.2) is 0 Å². The van der Waals surface area contributed by atoms with Gasteiger partial charge in [0.25, 0.3) is 5.91 Å². The lowest BCUT2D eigenvalue weighted by Crippen LogP contribution is -2.30. The van der Waals surface area contributed by atoms with Crippen LogP contribution < -0.4 is 5.32 Å². The molecule has 3 N–H and O–H groups in total. The Morgan fingerprint density at radius 2 is 1.78 bits per heavy atom. The molecule has 172 valence electrons. The number of carbonyl (C=O) groups is 1. The van der Waals surface area contributed by atoms with E-state index in [-0.39, 0.29) is 34.0 Å². The summed E-state index contributed by atoms with van der Waals surface area (Å²) in [6, 6.07) is 10.9. The third-order valence-electron chi connectivity index (χ3n) is 6.53. The number of aromatic hydroxyl groups is 2. The first-order chi connectivity index (χ1) is 15.5. The second-order valence-corrected chi connectivity index (χ2v) is 9.21. The van der Waals surface area contributed by atoms with Gasteiger partial charge in [0.2, 0.25) is 0 Å². The van der Waals surface area contributed by atoms with E-state index in [2.05, 4.69) is 34.5 Å². The average molecular weight is 458 g/mol. The van der Waals surface area contributed by atoms with Crippen molar-refractivity contribution in [3.05, 3.63) is 58.1 Å². The van der Waals surface area contributed by atoms with Crippen LogP contribution >= 0.6 is 11.6 Å². The fourth-order valence-corrected chi connectivity index (χ4v) is 4.92. The average Bonchev–Trinajstić information content (AvgIpc) is 3.48. The Kier molecular flexibility index (Phi) is 7.55. The lowest BCUT2D eigenvalue weighted by Gasteiger charge is -2.26. The summed E-state index contributed by atoms with van der Waals surface area (Å²) < 4.78 is 0. The number of phenolic OH excluding ortho intramolecular Hbond substituents is 2. The van der Waals surface area contributed by atoms with Crippen LogP contribution in [0.4, 0.5) is 0 Å². The quantitative estimate of drug-likeness (QED) is 0.515. The maximum absolute atomic E-state index is 13.1. The second kappa shape index (κ2) is 10.6. The van der Waals surface area contributed by atoms with Crippen LogP contribution in [0.2, 0.25) is 5.02 Å². The normalized spacial score (nSPS) is 19.0. The van der Waals surface area contributed by atoms with Gasteiger partial charge in [0.05, 0.1) is 16.6 Å². The minimum Gasteiger partial charge on any atom is -0.507 e. The maximum atomic E-state index is 13.1. The van der Waals surface area contributed by atoms with Crippen LogP contribution in [0.25, 0.3) is 0 Å². The van der Waals surface area contributed by atoms with Crippen LogP contribution in [0.1, 0.15) is 59.6 Å². The molecule has 2 heterocycles. The molecule has 2 fully saturated rings. The van der Waals surface area contributed by atoms with Crippen molar-refractivity contribution in [3.63, 3.8) is 0 Å². The number of phenols is 2. The van der Waals surface area contributed by atoms with Gasteiger partial charge in [0.1, 0.15) is 11.5 Å². The van der Waals surface area contributed by atoms with Crippen LogP contribution in [0.15, 0.2) is 36.4 Å². The largest absolute Gasteiger partial charge is 0.507 e. The zero-order valence-electron chi connectivity index (χ0n) is 18.4. The maximum Gasteiger partial charge on any atom is 0.258 e. The molecule has 0 saturated carbocycles. The van der Waals surface area contributed by atoms with E-state index in [0.29, 0.717) is 6.54 Å². The fraction of sp³-hybridized carbons (Fsp3) is 0.480. The molecule has 1 atom stereocenters. The first-order valence-corrected chi connectivity index (χ1v) is 11.9. The summed E-state index contributed by atoms with van der Waals surface area (Å²) in [4.78, 5) is 17.4. The number of likely N-dealkylation sites (tertiary alicyclic amines) is 2. The third-order valence-corrected chi connectivity index (χ3v) is 6.83. The Morgan fingerprint density at radius 1 is 1.03 bits per heavy atom. The summed E-state index contributed by atoms with van der Waals surface area (Å²) in [5.41, 5.74) is 2.45. The van der Waals surface area contributed by atoms with Crippen LogP contribution in [0.5, 0.6) is 11.5 Å². The van der Waals surface area contributed by atoms with Crippen molar-refractivity contribution in [2.24, 2.45) is 0 Å². The van der Waals surface area contributed by atoms with Crippen LogP contribution in [0.3, 0.4) is 0 Å². The molecule has 1 unspecified atom stereocenters. The number of halogens is 1. The van der Waals surface area contributed by atoms with Gasteiger partial charge >= 0.3 is 0 Å². The lowest BCUT2D eigenvalue weighted by atomic mass is 10.0. The monoisotopic (exact) mass is 457 g/mol. The first kappa shape index (κ1) is 22.9. The van der Waals surface area contributed by atoms with Crippen molar-refractivity contribution in [1.82, 2.24) is 15.1 Å². The van der Waals surface area contributed by atoms with E-state index in [1.54, 1.807) is 4.90 Å². The van der Waals surface area contributed by atoms with Crippen molar-refractivity contribution in [2.75, 3.05) is 32.7 Å². The SMILES string of the molecule is O=C(c1cc(Cl)c(O)cc1O)N1CCCC1c1ccc(CNCCCN2CCCC2)cc1. The zero-order valence-corrected chi connectivity index (χ0v) is 19.2. The summed E-state index contributed by atoms with van der Waals surface area (Å²) in [5, 5.41) is 23.4. The predicted molar refractivity (Wildman–Crippen MR) is 126 cm³/mol. The van der Waals surface area contributed by atoms with Gasteiger partial charge in [-0.25, -0.2) is 0 Å². The first-order valence-electron chi connectivity index (χ1n) is 11.6. The van der Waals surface area contributed by atoms with Gasteiger partial charge < -0.3 is 25.3 Å². The minimum atomic E-state index is -0.268. The Bertz CT molecular complexity index is 929. The van der Waals surface area contributed by atoms with Crippen molar-refractivity contribution < 1.29 is 15.0 Å². The summed E-state index contributed by atoms with van der Waals surface area (Å²) in [7, 11) is 0. The van der Waals surface area contributed by atoms with Crippen molar-refractivity contribution in [1.29, 1.82) is 0 Å². The molecule has 1 amide bonds. The zero-order chi connectivity index (χ0) is 22.5. The fourth-order valence-electron chi connectivity index (χ4n) is 4.76. The number of benzene rings is 2. The molecule has 0 radical (unpaired) electrons. The van der Waals surface area contributed by atoms with E-state index < -0.39 is 0 Å². The predicted octanol–water partition coefficient (Wildman–Crippen LogP) is 4.30. The third kappa shape index (κ3) is 5.37. The number of hydrogen-bond acceptors (Lipinski definition) is 5. The number of carbonyl (C=O) groups excluding carboxylic acids is 1. The molecule has 2 aliphatic heterocycles. The highest BCUT2D eigenvalue weighted by Gasteiger charge is 2.32. The summed E-state index contributed by atoms with van der Waals surface area (Å²) >= 11 is 5.96. The second-order valence-electron chi connectivity index (χ2n) is 8.80. The molecule has 2 aromatic rings. The van der Waals surface area contributed by atoms with Crippen LogP contribution in [-0.2, 0) is 6.54 Å². The molecule has 0 spiro atoms. The van der Waals surface area contributed by atoms with E-state index in [1.807, 2.05) is 0 Å². The molecule has 2 saturated heterocycles. The highest BCUT2D eigenvalue weighted by atomic mass is 35.5. The number of hydrogen-bond donors (Lipinski definition) is 3. The Hall–Kier alpha value is -2.28. The molecular weight excluding hydrogens is 426 g/mol. The Labute approximate surface area is 194 Å². The van der Waals surface area contributed by atoms with Gasteiger partial charge in [0, 0.05) is 19.2 Å². The number of rotatable bonds is 8. The molecule has 6 nitrogen and oxygen atoms in total. The van der Waals surface area contributed by atoms with Crippen molar-refractivity contribution in [3.8, 4) is 11.5 Å². The van der Waals surface area contributed by atoms with E-state index in [1.165, 1.54) is 50.5 Å². The van der Waals surface area contributed by atoms with Gasteiger partial charge in [-0.3, -0.25) is 4.79 Å². The highest BCUT2D eigenvalue weighted by molar-refractivity contribution is 6.32. The Balaban J connectivity index is 1.32. The van der Waals surface area contributed by atoms with E-state index in [0.717, 1.165) is 37.6 Å². The topological polar surface area (TPSA) is 76.0 Å². The molecule has 0 bridgehead atoms. The van der Waals surface area contributed by atoms with Crippen LogP contribution in [-0.4, -0.2) is 58.6 Å². The van der Waals surface area contributed by atoms with Gasteiger partial charge in [-0.05, 0) is 75.5 Å². The number of nitrogens with one attached hydrogen (secondary N) is 1. The highest BCUT2D eigenvalue weighted by Crippen LogP contribution is 2.37. The molecule has 2 aromatic carbocycles. The number of nitrogens with zero attached hydrogens (tertiary/aromatic N) is 2. The van der Waals surface area contributed by atoms with E-state index in [4.69, 9.17) is 11.6 Å². The molecule has 0 aliphatic carbocycles. The summed E-state index contributed by atoms with van der Waals surface area (Å²) in [6.45, 7) is 6.17. The molecule has 0 aromatic heterocycles. The summed E-state index contributed by atoms with van der Waals surface area (Å²) in [6.07, 6.45) is 5.64. The minimum absolute atomic E-state index is 0.0306. The molecular formula is C25H32ClN3O3.